The van der Waals surface area contributed by atoms with Gasteiger partial charge < -0.3 is 9.84 Å². The van der Waals surface area contributed by atoms with Gasteiger partial charge in [0.25, 0.3) is 0 Å². The first-order valence-electron chi connectivity index (χ1n) is 7.05. The molecule has 1 unspecified atom stereocenters. The molecule has 0 bridgehead atoms. The molecule has 0 amide bonds. The number of aromatic carboxylic acids is 1. The standard InChI is InChI=1S/C16H24O3/c1-4-5-6-7-10-13(3)19-15-12(2)9-8-11-14(15)16(17)18/h8-9,11,13H,4-7,10H2,1-3H3,(H,17,18). The Kier molecular flexibility index (Phi) is 6.40. The van der Waals surface area contributed by atoms with Crippen molar-refractivity contribution in [3.63, 3.8) is 0 Å². The predicted molar refractivity (Wildman–Crippen MR) is 77.0 cm³/mol. The number of aryl methyl sites for hydroxylation is 1. The van der Waals surface area contributed by atoms with E-state index in [1.54, 1.807) is 12.1 Å². The van der Waals surface area contributed by atoms with Gasteiger partial charge in [0.1, 0.15) is 11.3 Å². The Hall–Kier alpha value is -1.51. The van der Waals surface area contributed by atoms with E-state index < -0.39 is 5.97 Å². The van der Waals surface area contributed by atoms with Gasteiger partial charge in [0.2, 0.25) is 0 Å². The molecule has 0 fully saturated rings. The fraction of sp³-hybridized carbons (Fsp3) is 0.562. The van der Waals surface area contributed by atoms with Gasteiger partial charge in [-0.1, -0.05) is 38.3 Å². The summed E-state index contributed by atoms with van der Waals surface area (Å²) >= 11 is 0. The summed E-state index contributed by atoms with van der Waals surface area (Å²) in [7, 11) is 0. The average Bonchev–Trinajstić information content (AvgIpc) is 2.37. The number of carbonyl (C=O) groups is 1. The molecule has 0 aliphatic heterocycles. The normalized spacial score (nSPS) is 12.2. The van der Waals surface area contributed by atoms with Gasteiger partial charge >= 0.3 is 5.97 Å². The number of ether oxygens (including phenoxy) is 1. The first kappa shape index (κ1) is 15.5. The Morgan fingerprint density at radius 1 is 1.32 bits per heavy atom. The molecule has 0 saturated carbocycles. The number of rotatable bonds is 8. The maximum atomic E-state index is 11.2. The molecule has 0 radical (unpaired) electrons. The zero-order valence-electron chi connectivity index (χ0n) is 12.1. The molecule has 3 heteroatoms. The molecule has 1 N–H and O–H groups in total. The fourth-order valence-electron chi connectivity index (χ4n) is 2.10. The first-order chi connectivity index (χ1) is 9.06. The summed E-state index contributed by atoms with van der Waals surface area (Å²) in [4.78, 5) is 11.2. The van der Waals surface area contributed by atoms with E-state index in [-0.39, 0.29) is 11.7 Å². The molecule has 1 rings (SSSR count). The second kappa shape index (κ2) is 7.82. The van der Waals surface area contributed by atoms with Crippen molar-refractivity contribution < 1.29 is 14.6 Å². The van der Waals surface area contributed by atoms with E-state index >= 15 is 0 Å². The topological polar surface area (TPSA) is 46.5 Å². The zero-order chi connectivity index (χ0) is 14.3. The van der Waals surface area contributed by atoms with Crippen molar-refractivity contribution in [3.8, 4) is 5.75 Å². The Morgan fingerprint density at radius 3 is 2.68 bits per heavy atom. The van der Waals surface area contributed by atoms with Crippen LogP contribution in [-0.2, 0) is 0 Å². The number of hydrogen-bond donors (Lipinski definition) is 1. The molecular weight excluding hydrogens is 240 g/mol. The SMILES string of the molecule is CCCCCCC(C)Oc1c(C)cccc1C(=O)O. The highest BCUT2D eigenvalue weighted by atomic mass is 16.5. The molecule has 106 valence electrons. The number of carboxylic acids is 1. The summed E-state index contributed by atoms with van der Waals surface area (Å²) in [5, 5.41) is 9.17. The minimum atomic E-state index is -0.933. The van der Waals surface area contributed by atoms with E-state index in [0.717, 1.165) is 18.4 Å². The number of benzene rings is 1. The summed E-state index contributed by atoms with van der Waals surface area (Å²) in [5.41, 5.74) is 1.13. The molecule has 0 heterocycles. The highest BCUT2D eigenvalue weighted by Crippen LogP contribution is 2.25. The number of para-hydroxylation sites is 1. The first-order valence-corrected chi connectivity index (χ1v) is 7.05. The summed E-state index contributed by atoms with van der Waals surface area (Å²) < 4.78 is 5.84. The third-order valence-corrected chi connectivity index (χ3v) is 3.23. The third-order valence-electron chi connectivity index (χ3n) is 3.23. The number of hydrogen-bond acceptors (Lipinski definition) is 2. The molecular formula is C16H24O3. The highest BCUT2D eigenvalue weighted by Gasteiger charge is 2.15. The van der Waals surface area contributed by atoms with Crippen molar-refractivity contribution in [2.45, 2.75) is 59.0 Å². The molecule has 0 saturated heterocycles. The van der Waals surface area contributed by atoms with Crippen LogP contribution in [0, 0.1) is 6.92 Å². The van der Waals surface area contributed by atoms with E-state index in [1.165, 1.54) is 19.3 Å². The number of unbranched alkanes of at least 4 members (excludes halogenated alkanes) is 3. The minimum absolute atomic E-state index is 0.0519. The van der Waals surface area contributed by atoms with Crippen LogP contribution in [0.1, 0.15) is 61.9 Å². The fourth-order valence-corrected chi connectivity index (χ4v) is 2.10. The van der Waals surface area contributed by atoms with Crippen molar-refractivity contribution in [2.75, 3.05) is 0 Å². The van der Waals surface area contributed by atoms with Crippen molar-refractivity contribution in [1.82, 2.24) is 0 Å². The molecule has 3 nitrogen and oxygen atoms in total. The Bertz CT molecular complexity index is 412. The molecule has 19 heavy (non-hydrogen) atoms. The van der Waals surface area contributed by atoms with E-state index in [2.05, 4.69) is 6.92 Å². The van der Waals surface area contributed by atoms with E-state index in [1.807, 2.05) is 19.9 Å². The van der Waals surface area contributed by atoms with Gasteiger partial charge in [-0.2, -0.15) is 0 Å². The van der Waals surface area contributed by atoms with Crippen molar-refractivity contribution in [3.05, 3.63) is 29.3 Å². The lowest BCUT2D eigenvalue weighted by molar-refractivity contribution is 0.0689. The lowest BCUT2D eigenvalue weighted by atomic mass is 10.1. The average molecular weight is 264 g/mol. The van der Waals surface area contributed by atoms with Gasteiger partial charge in [-0.05, 0) is 38.3 Å². The molecule has 0 aliphatic carbocycles. The van der Waals surface area contributed by atoms with Crippen molar-refractivity contribution in [1.29, 1.82) is 0 Å². The zero-order valence-corrected chi connectivity index (χ0v) is 12.1. The summed E-state index contributed by atoms with van der Waals surface area (Å²) in [5.74, 6) is -0.421. The van der Waals surface area contributed by atoms with Crippen LogP contribution in [0.15, 0.2) is 18.2 Å². The lowest BCUT2D eigenvalue weighted by Crippen LogP contribution is -2.15. The van der Waals surface area contributed by atoms with Crippen LogP contribution in [-0.4, -0.2) is 17.2 Å². The molecule has 1 aromatic rings. The van der Waals surface area contributed by atoms with Crippen LogP contribution in [0.2, 0.25) is 0 Å². The van der Waals surface area contributed by atoms with Gasteiger partial charge in [-0.3, -0.25) is 0 Å². The van der Waals surface area contributed by atoms with Crippen molar-refractivity contribution in [2.24, 2.45) is 0 Å². The quantitative estimate of drug-likeness (QED) is 0.706. The van der Waals surface area contributed by atoms with Crippen LogP contribution in [0.3, 0.4) is 0 Å². The second-order valence-corrected chi connectivity index (χ2v) is 5.03. The van der Waals surface area contributed by atoms with Crippen LogP contribution >= 0.6 is 0 Å². The van der Waals surface area contributed by atoms with Gasteiger partial charge in [0, 0.05) is 0 Å². The van der Waals surface area contributed by atoms with Crippen LogP contribution in [0.25, 0.3) is 0 Å². The second-order valence-electron chi connectivity index (χ2n) is 5.03. The molecule has 0 aliphatic rings. The third kappa shape index (κ3) is 4.93. The lowest BCUT2D eigenvalue weighted by Gasteiger charge is -2.18. The van der Waals surface area contributed by atoms with Gasteiger partial charge in [-0.15, -0.1) is 0 Å². The van der Waals surface area contributed by atoms with Crippen LogP contribution in [0.4, 0.5) is 0 Å². The van der Waals surface area contributed by atoms with Gasteiger partial charge in [-0.25, -0.2) is 4.79 Å². The minimum Gasteiger partial charge on any atom is -0.490 e. The van der Waals surface area contributed by atoms with E-state index in [4.69, 9.17) is 9.84 Å². The van der Waals surface area contributed by atoms with Gasteiger partial charge in [0.15, 0.2) is 0 Å². The molecule has 0 aromatic heterocycles. The predicted octanol–water partition coefficient (Wildman–Crippen LogP) is 4.43. The van der Waals surface area contributed by atoms with E-state index in [0.29, 0.717) is 5.75 Å². The largest absolute Gasteiger partial charge is 0.490 e. The van der Waals surface area contributed by atoms with E-state index in [9.17, 15) is 4.79 Å². The molecule has 0 spiro atoms. The summed E-state index contributed by atoms with van der Waals surface area (Å²) in [6, 6.07) is 5.22. The maximum Gasteiger partial charge on any atom is 0.339 e. The monoisotopic (exact) mass is 264 g/mol. The Balaban J connectivity index is 2.63. The molecule has 1 atom stereocenters. The van der Waals surface area contributed by atoms with Crippen molar-refractivity contribution >= 4 is 5.97 Å². The number of carboxylic acid groups (broad SMARTS) is 1. The highest BCUT2D eigenvalue weighted by molar-refractivity contribution is 5.91. The van der Waals surface area contributed by atoms with Crippen LogP contribution < -0.4 is 4.74 Å². The maximum absolute atomic E-state index is 11.2. The van der Waals surface area contributed by atoms with Gasteiger partial charge in [0.05, 0.1) is 6.10 Å². The summed E-state index contributed by atoms with van der Waals surface area (Å²) in [6.07, 6.45) is 5.82. The Labute approximate surface area is 115 Å². The summed E-state index contributed by atoms with van der Waals surface area (Å²) in [6.45, 7) is 6.07. The van der Waals surface area contributed by atoms with Crippen LogP contribution in [0.5, 0.6) is 5.75 Å². The Morgan fingerprint density at radius 2 is 2.05 bits per heavy atom. The molecule has 1 aromatic carbocycles. The smallest absolute Gasteiger partial charge is 0.339 e.